The second-order valence-electron chi connectivity index (χ2n) is 3.96. The Labute approximate surface area is 85.9 Å². The van der Waals surface area contributed by atoms with E-state index in [1.165, 1.54) is 18.5 Å². The Balaban J connectivity index is 1.86. The van der Waals surface area contributed by atoms with Gasteiger partial charge in [-0.3, -0.25) is 4.90 Å². The Bertz CT molecular complexity index is 271. The number of likely N-dealkylation sites (tertiary alicyclic amines) is 1. The summed E-state index contributed by atoms with van der Waals surface area (Å²) in [5, 5.41) is 3.24. The topological polar surface area (TPSA) is 15.3 Å². The lowest BCUT2D eigenvalue weighted by molar-refractivity contribution is 0.0829. The van der Waals surface area contributed by atoms with Gasteiger partial charge in [0.2, 0.25) is 0 Å². The summed E-state index contributed by atoms with van der Waals surface area (Å²) in [6.45, 7) is 3.47. The summed E-state index contributed by atoms with van der Waals surface area (Å²) in [6, 6.07) is 11.5. The average molecular weight is 190 g/mol. The van der Waals surface area contributed by atoms with Crippen molar-refractivity contribution >= 4 is 0 Å². The molecule has 14 heavy (non-hydrogen) atoms. The standard InChI is InChI=1S/C12H18N2/c1-13-9-12-7-8-14(12)10-11-5-3-2-4-6-11/h2-6,12-13H,7-10H2,1H3. The van der Waals surface area contributed by atoms with E-state index in [-0.39, 0.29) is 0 Å². The van der Waals surface area contributed by atoms with Gasteiger partial charge in [-0.05, 0) is 19.0 Å². The summed E-state index contributed by atoms with van der Waals surface area (Å²) < 4.78 is 0. The van der Waals surface area contributed by atoms with E-state index in [9.17, 15) is 0 Å². The van der Waals surface area contributed by atoms with Crippen molar-refractivity contribution in [1.82, 2.24) is 10.2 Å². The second-order valence-corrected chi connectivity index (χ2v) is 3.96. The smallest absolute Gasteiger partial charge is 0.0237 e. The van der Waals surface area contributed by atoms with Crippen LogP contribution >= 0.6 is 0 Å². The van der Waals surface area contributed by atoms with Gasteiger partial charge in [-0.15, -0.1) is 0 Å². The fraction of sp³-hybridized carbons (Fsp3) is 0.500. The van der Waals surface area contributed by atoms with Gasteiger partial charge in [-0.2, -0.15) is 0 Å². The number of benzene rings is 1. The molecule has 1 fully saturated rings. The van der Waals surface area contributed by atoms with Crippen LogP contribution in [-0.2, 0) is 6.54 Å². The number of nitrogens with zero attached hydrogens (tertiary/aromatic N) is 1. The summed E-state index contributed by atoms with van der Waals surface area (Å²) in [5.41, 5.74) is 1.42. The minimum absolute atomic E-state index is 0.750. The van der Waals surface area contributed by atoms with Crippen LogP contribution in [0.4, 0.5) is 0 Å². The molecule has 0 saturated carbocycles. The summed E-state index contributed by atoms with van der Waals surface area (Å²) >= 11 is 0. The first-order valence-corrected chi connectivity index (χ1v) is 5.32. The fourth-order valence-electron chi connectivity index (χ4n) is 1.99. The molecule has 0 aromatic heterocycles. The molecule has 0 bridgehead atoms. The molecule has 1 aromatic carbocycles. The quantitative estimate of drug-likeness (QED) is 0.773. The van der Waals surface area contributed by atoms with Crippen LogP contribution in [0.1, 0.15) is 12.0 Å². The van der Waals surface area contributed by atoms with Crippen LogP contribution in [0.3, 0.4) is 0 Å². The fourth-order valence-corrected chi connectivity index (χ4v) is 1.99. The predicted molar refractivity (Wildman–Crippen MR) is 59.2 cm³/mol. The first-order valence-electron chi connectivity index (χ1n) is 5.32. The summed E-state index contributed by atoms with van der Waals surface area (Å²) in [5.74, 6) is 0. The molecular weight excluding hydrogens is 172 g/mol. The van der Waals surface area contributed by atoms with Crippen molar-refractivity contribution < 1.29 is 0 Å². The Morgan fingerprint density at radius 3 is 2.71 bits per heavy atom. The van der Waals surface area contributed by atoms with Gasteiger partial charge in [0.25, 0.3) is 0 Å². The normalized spacial score (nSPS) is 21.9. The Morgan fingerprint density at radius 1 is 1.36 bits per heavy atom. The van der Waals surface area contributed by atoms with E-state index in [2.05, 4.69) is 40.5 Å². The maximum atomic E-state index is 3.24. The third kappa shape index (κ3) is 2.14. The molecule has 2 heteroatoms. The molecule has 0 radical (unpaired) electrons. The van der Waals surface area contributed by atoms with E-state index in [1.54, 1.807) is 0 Å². The van der Waals surface area contributed by atoms with E-state index in [1.807, 2.05) is 7.05 Å². The molecule has 1 heterocycles. The number of likely N-dealkylation sites (N-methyl/N-ethyl adjacent to an activating group) is 1. The van der Waals surface area contributed by atoms with E-state index >= 15 is 0 Å². The lowest BCUT2D eigenvalue weighted by Gasteiger charge is -2.41. The number of hydrogen-bond acceptors (Lipinski definition) is 2. The summed E-state index contributed by atoms with van der Waals surface area (Å²) in [7, 11) is 2.03. The minimum atomic E-state index is 0.750. The number of nitrogens with one attached hydrogen (secondary N) is 1. The van der Waals surface area contributed by atoms with Gasteiger partial charge >= 0.3 is 0 Å². The molecule has 76 valence electrons. The van der Waals surface area contributed by atoms with Gasteiger partial charge in [-0.1, -0.05) is 30.3 Å². The molecule has 1 unspecified atom stereocenters. The van der Waals surface area contributed by atoms with Crippen molar-refractivity contribution in [2.24, 2.45) is 0 Å². The van der Waals surface area contributed by atoms with Gasteiger partial charge in [0.1, 0.15) is 0 Å². The SMILES string of the molecule is CNCC1CCN1Cc1ccccc1. The van der Waals surface area contributed by atoms with Crippen molar-refractivity contribution in [3.8, 4) is 0 Å². The van der Waals surface area contributed by atoms with Crippen molar-refractivity contribution in [1.29, 1.82) is 0 Å². The van der Waals surface area contributed by atoms with Crippen molar-refractivity contribution in [3.63, 3.8) is 0 Å². The molecule has 2 rings (SSSR count). The molecule has 0 spiro atoms. The van der Waals surface area contributed by atoms with E-state index < -0.39 is 0 Å². The molecule has 1 aliphatic heterocycles. The van der Waals surface area contributed by atoms with Gasteiger partial charge in [0.15, 0.2) is 0 Å². The summed E-state index contributed by atoms with van der Waals surface area (Å²) in [4.78, 5) is 2.53. The first kappa shape index (κ1) is 9.69. The number of hydrogen-bond donors (Lipinski definition) is 1. The average Bonchev–Trinajstić information content (AvgIpc) is 2.23. The van der Waals surface area contributed by atoms with Crippen LogP contribution in [0.15, 0.2) is 30.3 Å². The van der Waals surface area contributed by atoms with Crippen LogP contribution in [0.2, 0.25) is 0 Å². The van der Waals surface area contributed by atoms with Gasteiger partial charge in [0, 0.05) is 25.7 Å². The molecule has 1 saturated heterocycles. The van der Waals surface area contributed by atoms with Gasteiger partial charge in [-0.25, -0.2) is 0 Å². The highest BCUT2D eigenvalue weighted by Crippen LogP contribution is 2.19. The van der Waals surface area contributed by atoms with Crippen LogP contribution in [0.5, 0.6) is 0 Å². The van der Waals surface area contributed by atoms with Crippen LogP contribution in [0.25, 0.3) is 0 Å². The molecule has 0 aliphatic carbocycles. The zero-order valence-corrected chi connectivity index (χ0v) is 8.74. The Hall–Kier alpha value is -0.860. The van der Waals surface area contributed by atoms with E-state index in [0.717, 1.165) is 19.1 Å². The molecule has 1 aliphatic rings. The molecule has 1 atom stereocenters. The molecule has 1 aromatic rings. The van der Waals surface area contributed by atoms with E-state index in [4.69, 9.17) is 0 Å². The third-order valence-corrected chi connectivity index (χ3v) is 2.93. The molecule has 0 amide bonds. The van der Waals surface area contributed by atoms with Crippen molar-refractivity contribution in [3.05, 3.63) is 35.9 Å². The van der Waals surface area contributed by atoms with Crippen LogP contribution in [-0.4, -0.2) is 31.1 Å². The third-order valence-electron chi connectivity index (χ3n) is 2.93. The Kier molecular flexibility index (Phi) is 3.17. The highest BCUT2D eigenvalue weighted by Gasteiger charge is 2.26. The van der Waals surface area contributed by atoms with Gasteiger partial charge < -0.3 is 5.32 Å². The molecular formula is C12H18N2. The maximum Gasteiger partial charge on any atom is 0.0237 e. The van der Waals surface area contributed by atoms with E-state index in [0.29, 0.717) is 0 Å². The largest absolute Gasteiger partial charge is 0.318 e. The van der Waals surface area contributed by atoms with Crippen molar-refractivity contribution in [2.75, 3.05) is 20.1 Å². The minimum Gasteiger partial charge on any atom is -0.318 e. The highest BCUT2D eigenvalue weighted by atomic mass is 15.2. The monoisotopic (exact) mass is 190 g/mol. The lowest BCUT2D eigenvalue weighted by atomic mass is 10.0. The van der Waals surface area contributed by atoms with Crippen LogP contribution in [0, 0.1) is 0 Å². The molecule has 1 N–H and O–H groups in total. The summed E-state index contributed by atoms with van der Waals surface area (Å²) in [6.07, 6.45) is 1.34. The number of rotatable bonds is 4. The zero-order valence-electron chi connectivity index (χ0n) is 8.74. The zero-order chi connectivity index (χ0) is 9.80. The van der Waals surface area contributed by atoms with Gasteiger partial charge in [0.05, 0.1) is 0 Å². The predicted octanol–water partition coefficient (Wildman–Crippen LogP) is 1.48. The second kappa shape index (κ2) is 4.58. The van der Waals surface area contributed by atoms with Crippen molar-refractivity contribution in [2.45, 2.75) is 19.0 Å². The first-order chi connectivity index (χ1) is 6.90. The maximum absolute atomic E-state index is 3.24. The van der Waals surface area contributed by atoms with Crippen LogP contribution < -0.4 is 5.32 Å². The molecule has 2 nitrogen and oxygen atoms in total. The lowest BCUT2D eigenvalue weighted by Crippen LogP contribution is -2.51. The Morgan fingerprint density at radius 2 is 2.14 bits per heavy atom. The highest BCUT2D eigenvalue weighted by molar-refractivity contribution is 5.15.